The van der Waals surface area contributed by atoms with Gasteiger partial charge in [0.1, 0.15) is 16.5 Å². The van der Waals surface area contributed by atoms with E-state index in [0.29, 0.717) is 6.61 Å². The van der Waals surface area contributed by atoms with Gasteiger partial charge in [-0.05, 0) is 6.42 Å². The maximum Gasteiger partial charge on any atom is 1.00 e. The van der Waals surface area contributed by atoms with Gasteiger partial charge in [0.25, 0.3) is 0 Å². The second kappa shape index (κ2) is 33.2. The van der Waals surface area contributed by atoms with E-state index in [2.05, 4.69) is 11.2 Å². The summed E-state index contributed by atoms with van der Waals surface area (Å²) in [5.41, 5.74) is 0. The summed E-state index contributed by atoms with van der Waals surface area (Å²) in [6.07, 6.45) is 19.2. The van der Waals surface area contributed by atoms with Crippen LogP contribution in [0.2, 0.25) is 0 Å². The summed E-state index contributed by atoms with van der Waals surface area (Å²) in [6, 6.07) is 0. The molecule has 0 saturated heterocycles. The molecule has 0 aromatic carbocycles. The second-order valence-corrected chi connectivity index (χ2v) is 7.74. The van der Waals surface area contributed by atoms with Gasteiger partial charge in [-0.3, -0.25) is 4.31 Å². The molecule has 0 aliphatic carbocycles. The van der Waals surface area contributed by atoms with Gasteiger partial charge in [-0.15, -0.1) is 0 Å². The van der Waals surface area contributed by atoms with Gasteiger partial charge in [0, 0.05) is 6.61 Å². The van der Waals surface area contributed by atoms with Crippen LogP contribution in [-0.2, 0) is 13.4 Å². The van der Waals surface area contributed by atoms with Crippen molar-refractivity contribution in [1.29, 1.82) is 0 Å². The molecule has 0 spiro atoms. The van der Waals surface area contributed by atoms with Crippen molar-refractivity contribution in [2.24, 2.45) is 0 Å². The fraction of sp³-hybridized carbons (Fsp3) is 1.00. The Kier molecular flexibility index (Phi) is 47.2. The molecule has 2 unspecified atom stereocenters. The zero-order chi connectivity index (χ0) is 18.5. The van der Waals surface area contributed by atoms with Gasteiger partial charge in [-0.2, -0.15) is 0 Å². The van der Waals surface area contributed by atoms with Gasteiger partial charge in [-0.1, -0.05) is 90.4 Å². The van der Waals surface area contributed by atoms with Crippen molar-refractivity contribution < 1.29 is 131 Å². The van der Waals surface area contributed by atoms with Crippen LogP contribution >= 0.6 is 16.5 Å². The van der Waals surface area contributed by atoms with Crippen LogP contribution in [0.15, 0.2) is 0 Å². The molecule has 0 heterocycles. The standard InChI is InChI=1S/C16H34O.2K.H4O5P2/c1-2-3-4-5-6-7-8-9-10-11-12-13-14-15-16-17;;;1-6(2)5-7(3)4/h17H,2-16H2,1H3;;;6-7H,(H,1,2)(H,3,4)/q;2*+1;/p-2. The van der Waals surface area contributed by atoms with Crippen molar-refractivity contribution in [3.05, 3.63) is 0 Å². The molecular formula is C16H36K2O6P2. The maximum atomic E-state index is 9.29. The molecule has 26 heavy (non-hydrogen) atoms. The maximum absolute atomic E-state index is 9.29. The van der Waals surface area contributed by atoms with Crippen molar-refractivity contribution in [1.82, 2.24) is 0 Å². The van der Waals surface area contributed by atoms with Crippen LogP contribution in [-0.4, -0.2) is 11.7 Å². The van der Waals surface area contributed by atoms with E-state index in [1.165, 1.54) is 83.5 Å². The minimum Gasteiger partial charge on any atom is -0.781 e. The summed E-state index contributed by atoms with van der Waals surface area (Å²) in [5.74, 6) is 0. The Bertz CT molecular complexity index is 274. The molecule has 0 fully saturated rings. The molecular weight excluding hydrogens is 428 g/mol. The van der Waals surface area contributed by atoms with Gasteiger partial charge in [0.05, 0.1) is 0 Å². The predicted molar refractivity (Wildman–Crippen MR) is 96.5 cm³/mol. The number of hydrogen-bond acceptors (Lipinski definition) is 6. The third kappa shape index (κ3) is 41.8. The van der Waals surface area contributed by atoms with Crippen LogP contribution < -0.4 is 113 Å². The van der Waals surface area contributed by atoms with Gasteiger partial charge < -0.3 is 24.0 Å². The van der Waals surface area contributed by atoms with Crippen LogP contribution in [0.25, 0.3) is 0 Å². The summed E-state index contributed by atoms with van der Waals surface area (Å²) in [5, 5.41) is 8.64. The number of rotatable bonds is 16. The second-order valence-electron chi connectivity index (χ2n) is 5.92. The van der Waals surface area contributed by atoms with Gasteiger partial charge >= 0.3 is 103 Å². The molecule has 0 aliphatic heterocycles. The van der Waals surface area contributed by atoms with E-state index in [1.54, 1.807) is 0 Å². The Morgan fingerprint density at radius 1 is 0.654 bits per heavy atom. The molecule has 2 atom stereocenters. The molecule has 0 amide bonds. The Hall–Kier alpha value is 3.57. The molecule has 6 nitrogen and oxygen atoms in total. The van der Waals surface area contributed by atoms with E-state index < -0.39 is 16.5 Å². The van der Waals surface area contributed by atoms with Crippen molar-refractivity contribution in [2.75, 3.05) is 6.61 Å². The van der Waals surface area contributed by atoms with E-state index in [9.17, 15) is 18.9 Å². The number of aliphatic hydroxyl groups is 1. The van der Waals surface area contributed by atoms with Crippen LogP contribution in [0.5, 0.6) is 0 Å². The molecule has 0 radical (unpaired) electrons. The minimum atomic E-state index is -3.51. The van der Waals surface area contributed by atoms with E-state index in [1.807, 2.05) is 0 Å². The Morgan fingerprint density at radius 2 is 0.923 bits per heavy atom. The molecule has 148 valence electrons. The Labute approximate surface area is 246 Å². The minimum absolute atomic E-state index is 0. The zero-order valence-electron chi connectivity index (χ0n) is 17.1. The monoisotopic (exact) mass is 464 g/mol. The van der Waals surface area contributed by atoms with Crippen LogP contribution in [0.1, 0.15) is 96.8 Å². The molecule has 1 N–H and O–H groups in total. The first-order chi connectivity index (χ1) is 11.5. The van der Waals surface area contributed by atoms with Gasteiger partial charge in [-0.25, -0.2) is 0 Å². The van der Waals surface area contributed by atoms with Crippen molar-refractivity contribution >= 4 is 16.5 Å². The Morgan fingerprint density at radius 3 is 1.12 bits per heavy atom. The SMILES string of the molecule is CCCCCCCCCCCCCCCCO.O=[PH]([O-])O[PH](=O)[O-].[K+].[K+]. The molecule has 0 aliphatic rings. The third-order valence-electron chi connectivity index (χ3n) is 3.68. The summed E-state index contributed by atoms with van der Waals surface area (Å²) in [6.45, 7) is 2.65. The van der Waals surface area contributed by atoms with Crippen molar-refractivity contribution in [2.45, 2.75) is 96.8 Å². The smallest absolute Gasteiger partial charge is 0.781 e. The number of aliphatic hydroxyl groups excluding tert-OH is 1. The largest absolute Gasteiger partial charge is 1.00 e. The fourth-order valence-electron chi connectivity index (χ4n) is 2.37. The quantitative estimate of drug-likeness (QED) is 0.160. The average Bonchev–Trinajstić information content (AvgIpc) is 2.51. The zero-order valence-corrected chi connectivity index (χ0v) is 25.3. The normalized spacial score (nSPS) is 12.2. The van der Waals surface area contributed by atoms with E-state index in [0.717, 1.165) is 6.42 Å². The molecule has 0 saturated carbocycles. The summed E-state index contributed by atoms with van der Waals surface area (Å²) in [4.78, 5) is 18.6. The fourth-order valence-corrected chi connectivity index (χ4v) is 2.92. The molecule has 0 bridgehead atoms. The topological polar surface area (TPSA) is 110 Å². The molecule has 0 aromatic rings. The van der Waals surface area contributed by atoms with Gasteiger partial charge in [0.15, 0.2) is 0 Å². The molecule has 0 rings (SSSR count). The van der Waals surface area contributed by atoms with Crippen LogP contribution in [0, 0.1) is 0 Å². The summed E-state index contributed by atoms with van der Waals surface area (Å²) >= 11 is 0. The first-order valence-electron chi connectivity index (χ1n) is 9.25. The van der Waals surface area contributed by atoms with Crippen LogP contribution in [0.3, 0.4) is 0 Å². The van der Waals surface area contributed by atoms with E-state index >= 15 is 0 Å². The van der Waals surface area contributed by atoms with E-state index in [-0.39, 0.29) is 103 Å². The first kappa shape index (κ1) is 36.9. The predicted octanol–water partition coefficient (Wildman–Crippen LogP) is -2.03. The summed E-state index contributed by atoms with van der Waals surface area (Å²) in [7, 11) is -7.03. The average molecular weight is 465 g/mol. The first-order valence-corrected chi connectivity index (χ1v) is 11.7. The Balaban J connectivity index is -0.000000230. The van der Waals surface area contributed by atoms with E-state index in [4.69, 9.17) is 5.11 Å². The number of unbranched alkanes of at least 4 members (excludes halogenated alkanes) is 13. The molecule has 10 heteroatoms. The van der Waals surface area contributed by atoms with Crippen molar-refractivity contribution in [3.63, 3.8) is 0 Å². The number of hydrogen-bond donors (Lipinski definition) is 1. The van der Waals surface area contributed by atoms with Gasteiger partial charge in [0.2, 0.25) is 0 Å². The van der Waals surface area contributed by atoms with Crippen LogP contribution in [0.4, 0.5) is 0 Å². The third-order valence-corrected chi connectivity index (χ3v) is 5.01. The van der Waals surface area contributed by atoms with Crippen molar-refractivity contribution in [3.8, 4) is 0 Å². The summed E-state index contributed by atoms with van der Waals surface area (Å²) < 4.78 is 21.8. The molecule has 0 aromatic heterocycles.